The van der Waals surface area contributed by atoms with E-state index in [0.29, 0.717) is 11.3 Å². The molecule has 0 aliphatic carbocycles. The van der Waals surface area contributed by atoms with Gasteiger partial charge < -0.3 is 9.47 Å². The van der Waals surface area contributed by atoms with Gasteiger partial charge in [0.15, 0.2) is 6.29 Å². The van der Waals surface area contributed by atoms with Gasteiger partial charge in [0, 0.05) is 7.11 Å². The average molecular weight is 208 g/mol. The van der Waals surface area contributed by atoms with Crippen LogP contribution in [0.4, 0.5) is 0 Å². The second-order valence-corrected chi connectivity index (χ2v) is 3.44. The van der Waals surface area contributed by atoms with E-state index in [4.69, 9.17) is 9.47 Å². The van der Waals surface area contributed by atoms with Crippen LogP contribution in [0, 0.1) is 0 Å². The Morgan fingerprint density at radius 3 is 2.67 bits per heavy atom. The molecule has 0 saturated carbocycles. The lowest BCUT2D eigenvalue weighted by atomic mass is 10.1. The number of benzene rings is 1. The summed E-state index contributed by atoms with van der Waals surface area (Å²) in [7, 11) is 3.23. The smallest absolute Gasteiger partial charge is 0.153 e. The first-order valence-corrected chi connectivity index (χ1v) is 4.86. The third kappa shape index (κ3) is 3.06. The molecule has 1 unspecified atom stereocenters. The van der Waals surface area contributed by atoms with Gasteiger partial charge in [-0.2, -0.15) is 0 Å². The second kappa shape index (κ2) is 5.51. The van der Waals surface area contributed by atoms with E-state index in [-0.39, 0.29) is 6.10 Å². The van der Waals surface area contributed by atoms with Gasteiger partial charge in [0.05, 0.1) is 18.8 Å². The Morgan fingerprint density at radius 2 is 2.13 bits per heavy atom. The van der Waals surface area contributed by atoms with E-state index in [1.54, 1.807) is 20.3 Å². The lowest BCUT2D eigenvalue weighted by Crippen LogP contribution is -2.08. The molecule has 1 aromatic carbocycles. The monoisotopic (exact) mass is 208 g/mol. The van der Waals surface area contributed by atoms with Crippen LogP contribution in [0.5, 0.6) is 5.75 Å². The summed E-state index contributed by atoms with van der Waals surface area (Å²) in [5, 5.41) is 0. The van der Waals surface area contributed by atoms with Gasteiger partial charge in [-0.3, -0.25) is 4.79 Å². The lowest BCUT2D eigenvalue weighted by Gasteiger charge is -2.10. The zero-order valence-electron chi connectivity index (χ0n) is 9.32. The van der Waals surface area contributed by atoms with Gasteiger partial charge in [-0.05, 0) is 31.0 Å². The Morgan fingerprint density at radius 1 is 1.40 bits per heavy atom. The van der Waals surface area contributed by atoms with Crippen molar-refractivity contribution >= 4 is 6.29 Å². The maximum absolute atomic E-state index is 10.8. The Balaban J connectivity index is 2.88. The fourth-order valence-corrected chi connectivity index (χ4v) is 1.42. The molecule has 82 valence electrons. The highest BCUT2D eigenvalue weighted by Crippen LogP contribution is 2.19. The maximum Gasteiger partial charge on any atom is 0.153 e. The minimum absolute atomic E-state index is 0.151. The van der Waals surface area contributed by atoms with Crippen molar-refractivity contribution in [2.75, 3.05) is 14.2 Å². The molecule has 0 heterocycles. The van der Waals surface area contributed by atoms with E-state index in [1.165, 1.54) is 0 Å². The summed E-state index contributed by atoms with van der Waals surface area (Å²) >= 11 is 0. The number of hydrogen-bond donors (Lipinski definition) is 0. The van der Waals surface area contributed by atoms with Crippen molar-refractivity contribution in [2.45, 2.75) is 19.4 Å². The molecule has 1 atom stereocenters. The third-order valence-electron chi connectivity index (χ3n) is 2.35. The fraction of sp³-hybridized carbons (Fsp3) is 0.417. The first-order valence-electron chi connectivity index (χ1n) is 4.86. The first-order chi connectivity index (χ1) is 7.21. The summed E-state index contributed by atoms with van der Waals surface area (Å²) in [5.41, 5.74) is 1.66. The fourth-order valence-electron chi connectivity index (χ4n) is 1.42. The molecule has 0 spiro atoms. The lowest BCUT2D eigenvalue weighted by molar-refractivity contribution is 0.111. The van der Waals surface area contributed by atoms with Crippen molar-refractivity contribution in [1.29, 1.82) is 0 Å². The Labute approximate surface area is 90.0 Å². The van der Waals surface area contributed by atoms with Crippen LogP contribution in [-0.2, 0) is 11.2 Å². The molecule has 15 heavy (non-hydrogen) atoms. The van der Waals surface area contributed by atoms with Gasteiger partial charge in [0.2, 0.25) is 0 Å². The molecule has 0 radical (unpaired) electrons. The molecule has 0 N–H and O–H groups in total. The number of ether oxygens (including phenoxy) is 2. The second-order valence-electron chi connectivity index (χ2n) is 3.44. The predicted octanol–water partition coefficient (Wildman–Crippen LogP) is 2.09. The highest BCUT2D eigenvalue weighted by molar-refractivity contribution is 5.79. The van der Waals surface area contributed by atoms with Crippen molar-refractivity contribution < 1.29 is 14.3 Å². The van der Waals surface area contributed by atoms with Crippen molar-refractivity contribution in [3.05, 3.63) is 29.3 Å². The van der Waals surface area contributed by atoms with E-state index >= 15 is 0 Å². The quantitative estimate of drug-likeness (QED) is 0.695. The maximum atomic E-state index is 10.8. The highest BCUT2D eigenvalue weighted by Gasteiger charge is 2.06. The largest absolute Gasteiger partial charge is 0.496 e. The zero-order valence-corrected chi connectivity index (χ0v) is 9.32. The molecule has 0 aromatic heterocycles. The number of rotatable bonds is 5. The minimum Gasteiger partial charge on any atom is -0.496 e. The molecule has 0 fully saturated rings. The summed E-state index contributed by atoms with van der Waals surface area (Å²) in [4.78, 5) is 10.8. The van der Waals surface area contributed by atoms with Gasteiger partial charge in [-0.15, -0.1) is 0 Å². The standard InChI is InChI=1S/C12H16O3/c1-9(14-2)6-10-4-5-12(15-3)11(7-10)8-13/h4-5,7-9H,6H2,1-3H3. The number of aldehydes is 1. The van der Waals surface area contributed by atoms with E-state index in [1.807, 2.05) is 19.1 Å². The average Bonchev–Trinajstić information content (AvgIpc) is 2.28. The van der Waals surface area contributed by atoms with Crippen LogP contribution < -0.4 is 4.74 Å². The normalized spacial score (nSPS) is 12.2. The molecule has 1 rings (SSSR count). The predicted molar refractivity (Wildman–Crippen MR) is 58.6 cm³/mol. The molecule has 3 heteroatoms. The van der Waals surface area contributed by atoms with E-state index in [0.717, 1.165) is 18.3 Å². The summed E-state index contributed by atoms with van der Waals surface area (Å²) < 4.78 is 10.2. The van der Waals surface area contributed by atoms with Gasteiger partial charge >= 0.3 is 0 Å². The summed E-state index contributed by atoms with van der Waals surface area (Å²) in [6.45, 7) is 1.99. The molecule has 0 aliphatic rings. The molecule has 0 bridgehead atoms. The molecular formula is C12H16O3. The van der Waals surface area contributed by atoms with Crippen LogP contribution in [0.15, 0.2) is 18.2 Å². The van der Waals surface area contributed by atoms with Crippen molar-refractivity contribution in [3.63, 3.8) is 0 Å². The van der Waals surface area contributed by atoms with Gasteiger partial charge in [-0.25, -0.2) is 0 Å². The Hall–Kier alpha value is -1.35. The van der Waals surface area contributed by atoms with Gasteiger partial charge in [0.25, 0.3) is 0 Å². The van der Waals surface area contributed by atoms with Crippen LogP contribution in [0.1, 0.15) is 22.8 Å². The van der Waals surface area contributed by atoms with E-state index in [9.17, 15) is 4.79 Å². The molecule has 3 nitrogen and oxygen atoms in total. The molecule has 0 amide bonds. The summed E-state index contributed by atoms with van der Waals surface area (Å²) in [6.07, 6.45) is 1.75. The zero-order chi connectivity index (χ0) is 11.3. The molecular weight excluding hydrogens is 192 g/mol. The molecule has 0 saturated heterocycles. The highest BCUT2D eigenvalue weighted by atomic mass is 16.5. The van der Waals surface area contributed by atoms with Gasteiger partial charge in [-0.1, -0.05) is 6.07 Å². The molecule has 0 aliphatic heterocycles. The van der Waals surface area contributed by atoms with Crippen molar-refractivity contribution in [2.24, 2.45) is 0 Å². The number of carbonyl (C=O) groups excluding carboxylic acids is 1. The topological polar surface area (TPSA) is 35.5 Å². The number of hydrogen-bond acceptors (Lipinski definition) is 3. The van der Waals surface area contributed by atoms with Crippen molar-refractivity contribution in [1.82, 2.24) is 0 Å². The Kier molecular flexibility index (Phi) is 4.31. The van der Waals surface area contributed by atoms with Crippen LogP contribution in [0.3, 0.4) is 0 Å². The summed E-state index contributed by atoms with van der Waals surface area (Å²) in [5.74, 6) is 0.610. The van der Waals surface area contributed by atoms with Gasteiger partial charge in [0.1, 0.15) is 5.75 Å². The third-order valence-corrected chi connectivity index (χ3v) is 2.35. The number of carbonyl (C=O) groups is 1. The van der Waals surface area contributed by atoms with Crippen LogP contribution in [0.25, 0.3) is 0 Å². The van der Waals surface area contributed by atoms with Crippen LogP contribution in [-0.4, -0.2) is 26.6 Å². The number of methoxy groups -OCH3 is 2. The van der Waals surface area contributed by atoms with Crippen LogP contribution in [0.2, 0.25) is 0 Å². The summed E-state index contributed by atoms with van der Waals surface area (Å²) in [6, 6.07) is 5.59. The molecule has 1 aromatic rings. The van der Waals surface area contributed by atoms with E-state index < -0.39 is 0 Å². The first kappa shape index (κ1) is 11.7. The van der Waals surface area contributed by atoms with E-state index in [2.05, 4.69) is 0 Å². The minimum atomic E-state index is 0.151. The SMILES string of the molecule is COc1ccc(CC(C)OC)cc1C=O. The van der Waals surface area contributed by atoms with Crippen molar-refractivity contribution in [3.8, 4) is 5.75 Å². The van der Waals surface area contributed by atoms with Crippen LogP contribution >= 0.6 is 0 Å². The Bertz CT molecular complexity index is 334.